The van der Waals surface area contributed by atoms with Crippen LogP contribution >= 0.6 is 0 Å². The van der Waals surface area contributed by atoms with Crippen LogP contribution in [0.2, 0.25) is 0 Å². The van der Waals surface area contributed by atoms with Gasteiger partial charge in [0.1, 0.15) is 5.75 Å². The number of carbonyl (C=O) groups excluding carboxylic acids is 1. The molecule has 0 aliphatic carbocycles. The van der Waals surface area contributed by atoms with Crippen molar-refractivity contribution in [3.8, 4) is 5.75 Å². The van der Waals surface area contributed by atoms with Crippen LogP contribution in [0.25, 0.3) is 0 Å². The average molecular weight is 273 g/mol. The molecule has 0 aliphatic heterocycles. The highest BCUT2D eigenvalue weighted by molar-refractivity contribution is 7.89. The lowest BCUT2D eigenvalue weighted by molar-refractivity contribution is 0.0956. The van der Waals surface area contributed by atoms with Gasteiger partial charge >= 0.3 is 0 Å². The molecule has 0 bridgehead atoms. The van der Waals surface area contributed by atoms with Gasteiger partial charge < -0.3 is 16.2 Å². The fraction of sp³-hybridized carbons (Fsp3) is 0.300. The summed E-state index contributed by atoms with van der Waals surface area (Å²) in [6.07, 6.45) is 0. The topological polar surface area (TPSA) is 122 Å². The molecule has 1 aromatic carbocycles. The molecule has 1 rings (SSSR count). The second kappa shape index (κ2) is 5.69. The molecular formula is C10H15N3O4S. The van der Waals surface area contributed by atoms with E-state index in [-0.39, 0.29) is 29.3 Å². The van der Waals surface area contributed by atoms with Crippen LogP contribution < -0.4 is 15.8 Å². The molecule has 0 aromatic heterocycles. The maximum atomic E-state index is 11.7. The summed E-state index contributed by atoms with van der Waals surface area (Å²) in [5, 5.41) is 11.6. The first-order chi connectivity index (χ1) is 8.35. The molecule has 0 aliphatic rings. The average Bonchev–Trinajstić information content (AvgIpc) is 2.32. The number of aromatic hydroxyl groups is 1. The molecule has 1 amide bonds. The summed E-state index contributed by atoms with van der Waals surface area (Å²) in [6.45, 7) is -0.0445. The number of amides is 1. The van der Waals surface area contributed by atoms with Crippen LogP contribution in [0.15, 0.2) is 18.2 Å². The highest BCUT2D eigenvalue weighted by Gasteiger charge is 2.12. The molecule has 0 unspecified atom stereocenters. The number of hydrogen-bond donors (Lipinski definition) is 4. The van der Waals surface area contributed by atoms with Crippen LogP contribution in [-0.2, 0) is 10.0 Å². The monoisotopic (exact) mass is 273 g/mol. The van der Waals surface area contributed by atoms with Gasteiger partial charge in [0.25, 0.3) is 5.91 Å². The first-order valence-electron chi connectivity index (χ1n) is 5.13. The molecule has 0 heterocycles. The van der Waals surface area contributed by atoms with Crippen molar-refractivity contribution < 1.29 is 18.3 Å². The van der Waals surface area contributed by atoms with Crippen LogP contribution in [0.1, 0.15) is 10.4 Å². The summed E-state index contributed by atoms with van der Waals surface area (Å²) >= 11 is 0. The first kappa shape index (κ1) is 14.3. The van der Waals surface area contributed by atoms with Crippen molar-refractivity contribution in [3.63, 3.8) is 0 Å². The first-order valence-corrected chi connectivity index (χ1v) is 6.79. The van der Waals surface area contributed by atoms with E-state index in [1.54, 1.807) is 0 Å². The van der Waals surface area contributed by atoms with Gasteiger partial charge in [-0.2, -0.15) is 0 Å². The maximum absolute atomic E-state index is 11.7. The third-order valence-corrected chi connectivity index (χ3v) is 3.61. The minimum atomic E-state index is -3.36. The van der Waals surface area contributed by atoms with Gasteiger partial charge in [-0.15, -0.1) is 0 Å². The van der Waals surface area contributed by atoms with E-state index >= 15 is 0 Å². The summed E-state index contributed by atoms with van der Waals surface area (Å²) in [5.74, 6) is -0.847. The summed E-state index contributed by atoms with van der Waals surface area (Å²) in [4.78, 5) is 11.7. The lowest BCUT2D eigenvalue weighted by Crippen LogP contribution is -2.33. The van der Waals surface area contributed by atoms with E-state index in [1.807, 2.05) is 0 Å². The van der Waals surface area contributed by atoms with E-state index in [4.69, 9.17) is 5.73 Å². The minimum absolute atomic E-state index is 0.0445. The normalized spacial score (nSPS) is 11.2. The van der Waals surface area contributed by atoms with Crippen LogP contribution in [0, 0.1) is 0 Å². The van der Waals surface area contributed by atoms with E-state index in [0.29, 0.717) is 0 Å². The number of anilines is 1. The van der Waals surface area contributed by atoms with Crippen molar-refractivity contribution in [2.75, 3.05) is 25.1 Å². The van der Waals surface area contributed by atoms with Crippen molar-refractivity contribution >= 4 is 21.6 Å². The van der Waals surface area contributed by atoms with Crippen molar-refractivity contribution in [2.24, 2.45) is 0 Å². The zero-order chi connectivity index (χ0) is 13.8. The largest absolute Gasteiger partial charge is 0.508 e. The Bertz CT molecular complexity index is 542. The Hall–Kier alpha value is -1.80. The van der Waals surface area contributed by atoms with Gasteiger partial charge in [0.2, 0.25) is 10.0 Å². The maximum Gasteiger partial charge on any atom is 0.253 e. The molecule has 18 heavy (non-hydrogen) atoms. The number of rotatable bonds is 5. The van der Waals surface area contributed by atoms with Crippen molar-refractivity contribution in [1.29, 1.82) is 0 Å². The number of nitrogens with one attached hydrogen (secondary N) is 2. The molecule has 0 radical (unpaired) electrons. The van der Waals surface area contributed by atoms with E-state index in [2.05, 4.69) is 10.0 Å². The van der Waals surface area contributed by atoms with Gasteiger partial charge in [-0.05, 0) is 25.2 Å². The Morgan fingerprint density at radius 1 is 1.44 bits per heavy atom. The van der Waals surface area contributed by atoms with Crippen molar-refractivity contribution in [3.05, 3.63) is 23.8 Å². The Morgan fingerprint density at radius 2 is 2.11 bits per heavy atom. The van der Waals surface area contributed by atoms with Gasteiger partial charge in [-0.3, -0.25) is 4.79 Å². The molecule has 8 heteroatoms. The number of phenols is 1. The molecule has 0 spiro atoms. The molecule has 5 N–H and O–H groups in total. The van der Waals surface area contributed by atoms with Gasteiger partial charge in [-0.1, -0.05) is 0 Å². The predicted molar refractivity (Wildman–Crippen MR) is 67.7 cm³/mol. The number of carbonyl (C=O) groups is 1. The highest BCUT2D eigenvalue weighted by Crippen LogP contribution is 2.17. The van der Waals surface area contributed by atoms with Crippen LogP contribution in [0.3, 0.4) is 0 Å². The second-order valence-electron chi connectivity index (χ2n) is 3.55. The summed E-state index contributed by atoms with van der Waals surface area (Å²) in [7, 11) is -2.06. The summed E-state index contributed by atoms with van der Waals surface area (Å²) in [6, 6.07) is 3.98. The summed E-state index contributed by atoms with van der Waals surface area (Å²) < 4.78 is 24.4. The minimum Gasteiger partial charge on any atom is -0.508 e. The Morgan fingerprint density at radius 3 is 2.72 bits per heavy atom. The lowest BCUT2D eigenvalue weighted by Gasteiger charge is -2.08. The number of nitrogen functional groups attached to an aromatic ring is 1. The van der Waals surface area contributed by atoms with E-state index in [9.17, 15) is 18.3 Å². The number of nitrogens with two attached hydrogens (primary N) is 1. The number of phenolic OH excluding ortho intramolecular Hbond substituents is 1. The molecule has 1 aromatic rings. The van der Waals surface area contributed by atoms with Crippen LogP contribution in [0.4, 0.5) is 5.69 Å². The van der Waals surface area contributed by atoms with Gasteiger partial charge in [0, 0.05) is 12.2 Å². The Balaban J connectivity index is 2.64. The van der Waals surface area contributed by atoms with Gasteiger partial charge in [0.15, 0.2) is 0 Å². The molecule has 0 saturated heterocycles. The molecule has 100 valence electrons. The third-order valence-electron chi connectivity index (χ3n) is 2.25. The zero-order valence-corrected chi connectivity index (χ0v) is 10.6. The smallest absolute Gasteiger partial charge is 0.253 e. The predicted octanol–water partition coefficient (Wildman–Crippen LogP) is -0.747. The third kappa shape index (κ3) is 3.90. The molecular weight excluding hydrogens is 258 g/mol. The number of sulfonamides is 1. The summed E-state index contributed by atoms with van der Waals surface area (Å²) in [5.41, 5.74) is 5.89. The quantitative estimate of drug-likeness (QED) is 0.415. The molecule has 0 atom stereocenters. The zero-order valence-electron chi connectivity index (χ0n) is 9.80. The van der Waals surface area contributed by atoms with Gasteiger partial charge in [0.05, 0.1) is 11.3 Å². The van der Waals surface area contributed by atoms with E-state index in [0.717, 1.165) is 0 Å². The molecule has 7 nitrogen and oxygen atoms in total. The lowest BCUT2D eigenvalue weighted by atomic mass is 10.1. The Labute approximate surface area is 105 Å². The van der Waals surface area contributed by atoms with Crippen LogP contribution in [0.5, 0.6) is 5.75 Å². The fourth-order valence-electron chi connectivity index (χ4n) is 1.24. The highest BCUT2D eigenvalue weighted by atomic mass is 32.2. The standard InChI is InChI=1S/C10H15N3O4S/c1-12-18(16,17)5-4-13-10(15)8-6-7(14)2-3-9(8)11/h2-3,6,12,14H,4-5,11H2,1H3,(H,13,15). The van der Waals surface area contributed by atoms with Gasteiger partial charge in [-0.25, -0.2) is 13.1 Å². The van der Waals surface area contributed by atoms with E-state index in [1.165, 1.54) is 25.2 Å². The van der Waals surface area contributed by atoms with E-state index < -0.39 is 15.9 Å². The Kier molecular flexibility index (Phi) is 4.51. The fourth-order valence-corrected chi connectivity index (χ4v) is 1.81. The SMILES string of the molecule is CNS(=O)(=O)CCNC(=O)c1cc(O)ccc1N. The molecule has 0 fully saturated rings. The van der Waals surface area contributed by atoms with Crippen molar-refractivity contribution in [2.45, 2.75) is 0 Å². The number of hydrogen-bond acceptors (Lipinski definition) is 5. The number of benzene rings is 1. The molecule has 0 saturated carbocycles. The van der Waals surface area contributed by atoms with Crippen molar-refractivity contribution in [1.82, 2.24) is 10.0 Å². The second-order valence-corrected chi connectivity index (χ2v) is 5.60. The van der Waals surface area contributed by atoms with Crippen LogP contribution in [-0.4, -0.2) is 38.8 Å².